The van der Waals surface area contributed by atoms with Crippen LogP contribution in [0.4, 0.5) is 5.95 Å². The molecule has 1 aliphatic rings. The second-order valence-corrected chi connectivity index (χ2v) is 4.51. The molecule has 6 heteroatoms. The first kappa shape index (κ1) is 11.0. The summed E-state index contributed by atoms with van der Waals surface area (Å²) in [6, 6.07) is 0.176. The van der Waals surface area contributed by atoms with E-state index in [0.717, 1.165) is 12.8 Å². The number of imidazole rings is 1. The summed E-state index contributed by atoms with van der Waals surface area (Å²) in [6.07, 6.45) is 7.74. The van der Waals surface area contributed by atoms with Crippen LogP contribution in [0.1, 0.15) is 18.9 Å². The third-order valence-corrected chi connectivity index (χ3v) is 3.33. The van der Waals surface area contributed by atoms with Crippen molar-refractivity contribution in [2.75, 3.05) is 5.73 Å². The summed E-state index contributed by atoms with van der Waals surface area (Å²) in [5, 5.41) is 0. The first-order valence-electron chi connectivity index (χ1n) is 5.89. The Morgan fingerprint density at radius 2 is 2.39 bits per heavy atom. The minimum Gasteiger partial charge on any atom is -0.369 e. The fourth-order valence-electron chi connectivity index (χ4n) is 2.36. The smallest absolute Gasteiger partial charge is 0.280 e. The molecule has 3 rings (SSSR count). The summed E-state index contributed by atoms with van der Waals surface area (Å²) in [7, 11) is 0. The van der Waals surface area contributed by atoms with E-state index in [2.05, 4.69) is 34.0 Å². The second kappa shape index (κ2) is 3.97. The Balaban J connectivity index is 2.09. The summed E-state index contributed by atoms with van der Waals surface area (Å²) in [5.41, 5.74) is 6.14. The highest BCUT2D eigenvalue weighted by molar-refractivity contribution is 5.70. The van der Waals surface area contributed by atoms with E-state index >= 15 is 0 Å². The molecule has 3 N–H and O–H groups in total. The Morgan fingerprint density at radius 1 is 1.56 bits per heavy atom. The van der Waals surface area contributed by atoms with E-state index in [9.17, 15) is 4.79 Å². The molecule has 0 fully saturated rings. The second-order valence-electron chi connectivity index (χ2n) is 4.51. The molecular weight excluding hydrogens is 230 g/mol. The van der Waals surface area contributed by atoms with Crippen LogP contribution in [0.3, 0.4) is 0 Å². The van der Waals surface area contributed by atoms with Crippen molar-refractivity contribution in [3.8, 4) is 0 Å². The number of allylic oxidation sites excluding steroid dienone is 2. The van der Waals surface area contributed by atoms with Gasteiger partial charge in [-0.2, -0.15) is 4.98 Å². The standard InChI is InChI=1S/C12H14N5O/c1-2-7-3-4-8(5-7)17-6-14-9-10(17)15-12(13)16-11(9)18/h3-4,6-8H,1-2,5H2,(H3,13,15,16,18). The van der Waals surface area contributed by atoms with Crippen molar-refractivity contribution < 1.29 is 0 Å². The number of rotatable bonds is 2. The Hall–Kier alpha value is -2.11. The van der Waals surface area contributed by atoms with Gasteiger partial charge in [0, 0.05) is 0 Å². The van der Waals surface area contributed by atoms with Crippen molar-refractivity contribution in [2.45, 2.75) is 18.9 Å². The van der Waals surface area contributed by atoms with E-state index < -0.39 is 0 Å². The maximum absolute atomic E-state index is 11.7. The Bertz CT molecular complexity index is 669. The number of H-pyrrole nitrogens is 1. The lowest BCUT2D eigenvalue weighted by molar-refractivity contribution is 0.514. The molecule has 1 radical (unpaired) electrons. The first-order chi connectivity index (χ1) is 8.69. The number of nitrogen functional groups attached to an aromatic ring is 1. The highest BCUT2D eigenvalue weighted by Gasteiger charge is 2.21. The number of hydrogen-bond acceptors (Lipinski definition) is 4. The molecule has 2 aromatic rings. The van der Waals surface area contributed by atoms with Crippen molar-refractivity contribution >= 4 is 17.1 Å². The first-order valence-corrected chi connectivity index (χ1v) is 5.89. The molecule has 93 valence electrons. The molecule has 0 saturated heterocycles. The maximum Gasteiger partial charge on any atom is 0.280 e. The molecule has 0 aromatic carbocycles. The van der Waals surface area contributed by atoms with Crippen LogP contribution in [0.25, 0.3) is 11.2 Å². The van der Waals surface area contributed by atoms with Gasteiger partial charge in [-0.15, -0.1) is 0 Å². The summed E-state index contributed by atoms with van der Waals surface area (Å²) in [5.74, 6) is 0.594. The average Bonchev–Trinajstić information content (AvgIpc) is 2.93. The van der Waals surface area contributed by atoms with Gasteiger partial charge in [-0.3, -0.25) is 9.78 Å². The molecule has 2 atom stereocenters. The molecule has 2 aromatic heterocycles. The number of aromatic nitrogens is 4. The van der Waals surface area contributed by atoms with Gasteiger partial charge in [0.25, 0.3) is 5.56 Å². The number of nitrogens with zero attached hydrogens (tertiary/aromatic N) is 3. The van der Waals surface area contributed by atoms with Crippen LogP contribution in [0.5, 0.6) is 0 Å². The zero-order valence-electron chi connectivity index (χ0n) is 9.84. The lowest BCUT2D eigenvalue weighted by Crippen LogP contribution is -2.13. The Kier molecular flexibility index (Phi) is 2.43. The number of fused-ring (bicyclic) bond motifs is 1. The Morgan fingerprint density at radius 3 is 3.11 bits per heavy atom. The van der Waals surface area contributed by atoms with Crippen LogP contribution < -0.4 is 11.3 Å². The van der Waals surface area contributed by atoms with Gasteiger partial charge in [0.2, 0.25) is 5.95 Å². The number of aromatic amines is 1. The number of nitrogens with one attached hydrogen (secondary N) is 1. The van der Waals surface area contributed by atoms with Crippen molar-refractivity contribution in [3.05, 3.63) is 35.8 Å². The van der Waals surface area contributed by atoms with Crippen molar-refractivity contribution in [3.63, 3.8) is 0 Å². The van der Waals surface area contributed by atoms with Crippen LogP contribution in [0.2, 0.25) is 0 Å². The molecule has 2 unspecified atom stereocenters. The largest absolute Gasteiger partial charge is 0.369 e. The molecule has 0 aliphatic heterocycles. The molecule has 0 amide bonds. The van der Waals surface area contributed by atoms with Gasteiger partial charge in [0.1, 0.15) is 0 Å². The maximum atomic E-state index is 11.7. The molecule has 0 saturated carbocycles. The van der Waals surface area contributed by atoms with E-state index in [1.165, 1.54) is 0 Å². The highest BCUT2D eigenvalue weighted by Crippen LogP contribution is 2.30. The summed E-state index contributed by atoms with van der Waals surface area (Å²) in [4.78, 5) is 22.4. The third kappa shape index (κ3) is 1.61. The van der Waals surface area contributed by atoms with Crippen LogP contribution >= 0.6 is 0 Å². The van der Waals surface area contributed by atoms with Gasteiger partial charge in [-0.05, 0) is 18.8 Å². The molecule has 0 bridgehead atoms. The predicted molar refractivity (Wildman–Crippen MR) is 68.8 cm³/mol. The van der Waals surface area contributed by atoms with Gasteiger partial charge in [-0.1, -0.05) is 19.1 Å². The lowest BCUT2D eigenvalue weighted by atomic mass is 10.1. The fraction of sp³-hybridized carbons (Fsp3) is 0.333. The van der Waals surface area contributed by atoms with Gasteiger partial charge >= 0.3 is 0 Å². The number of anilines is 1. The molecule has 18 heavy (non-hydrogen) atoms. The summed E-state index contributed by atoms with van der Waals surface area (Å²) < 4.78 is 1.90. The Labute approximate surface area is 104 Å². The minimum absolute atomic E-state index is 0.116. The van der Waals surface area contributed by atoms with Crippen LogP contribution in [0.15, 0.2) is 23.3 Å². The van der Waals surface area contributed by atoms with E-state index in [-0.39, 0.29) is 17.5 Å². The fourth-order valence-corrected chi connectivity index (χ4v) is 2.36. The molecular formula is C12H14N5O. The quantitative estimate of drug-likeness (QED) is 0.772. The van der Waals surface area contributed by atoms with Gasteiger partial charge in [-0.25, -0.2) is 4.98 Å². The van der Waals surface area contributed by atoms with Crippen molar-refractivity contribution in [1.82, 2.24) is 19.5 Å². The normalized spacial score (nSPS) is 22.9. The third-order valence-electron chi connectivity index (χ3n) is 3.33. The van der Waals surface area contributed by atoms with Gasteiger partial charge in [0.15, 0.2) is 11.2 Å². The monoisotopic (exact) mass is 244 g/mol. The minimum atomic E-state index is -0.299. The lowest BCUT2D eigenvalue weighted by Gasteiger charge is -2.12. The zero-order chi connectivity index (χ0) is 12.7. The number of hydrogen-bond donors (Lipinski definition) is 2. The molecule has 6 nitrogen and oxygen atoms in total. The van der Waals surface area contributed by atoms with E-state index in [0.29, 0.717) is 17.1 Å². The zero-order valence-corrected chi connectivity index (χ0v) is 9.84. The van der Waals surface area contributed by atoms with Gasteiger partial charge < -0.3 is 10.3 Å². The van der Waals surface area contributed by atoms with Gasteiger partial charge in [0.05, 0.1) is 12.4 Å². The van der Waals surface area contributed by atoms with Crippen molar-refractivity contribution in [1.29, 1.82) is 0 Å². The topological polar surface area (TPSA) is 89.6 Å². The molecule has 2 heterocycles. The summed E-state index contributed by atoms with van der Waals surface area (Å²) in [6.45, 7) is 3.91. The highest BCUT2D eigenvalue weighted by atomic mass is 16.1. The van der Waals surface area contributed by atoms with E-state index in [1.54, 1.807) is 6.33 Å². The van der Waals surface area contributed by atoms with E-state index in [1.807, 2.05) is 4.57 Å². The predicted octanol–water partition coefficient (Wildman–Crippen LogP) is 1.04. The van der Waals surface area contributed by atoms with E-state index in [4.69, 9.17) is 5.73 Å². The average molecular weight is 244 g/mol. The SMILES string of the molecule is [CH2]CC1C=CC(n2cnc3c(=O)[nH]c(N)nc32)C1. The van der Waals surface area contributed by atoms with Crippen LogP contribution in [-0.4, -0.2) is 19.5 Å². The van der Waals surface area contributed by atoms with Crippen LogP contribution in [-0.2, 0) is 0 Å². The molecule has 0 spiro atoms. The summed E-state index contributed by atoms with van der Waals surface area (Å²) >= 11 is 0. The van der Waals surface area contributed by atoms with Crippen LogP contribution in [0, 0.1) is 12.8 Å². The molecule has 1 aliphatic carbocycles. The number of nitrogens with two attached hydrogens (primary N) is 1. The van der Waals surface area contributed by atoms with Crippen molar-refractivity contribution in [2.24, 2.45) is 5.92 Å².